The van der Waals surface area contributed by atoms with Crippen LogP contribution >= 0.6 is 11.8 Å². The molecule has 0 amide bonds. The monoisotopic (exact) mass is 393 g/mol. The number of aromatic hydroxyl groups is 1. The maximum Gasteiger partial charge on any atom is 0.264 e. The van der Waals surface area contributed by atoms with E-state index in [-0.39, 0.29) is 16.8 Å². The highest BCUT2D eigenvalue weighted by atomic mass is 32.2. The fraction of sp³-hybridized carbons (Fsp3) is 0.143. The topological polar surface area (TPSA) is 75.8 Å². The standard InChI is InChI=1S/C21H19N3O3S/c1-27-17-9-3-13(4-10-17)18-11-14-12-22-21(28-2)23-19(14)24(20(18)26)15-5-7-16(25)8-6-15/h3-12,21,23,25H,1-2H3. The molecule has 6 nitrogen and oxygen atoms in total. The normalized spacial score (nSPS) is 15.0. The van der Waals surface area contributed by atoms with Crippen LogP contribution < -0.4 is 15.6 Å². The number of pyridine rings is 1. The molecule has 1 aliphatic heterocycles. The molecule has 1 aliphatic rings. The van der Waals surface area contributed by atoms with Crippen molar-refractivity contribution in [2.24, 2.45) is 4.99 Å². The maximum absolute atomic E-state index is 13.5. The molecule has 2 N–H and O–H groups in total. The number of aromatic nitrogens is 1. The first-order valence-electron chi connectivity index (χ1n) is 8.67. The largest absolute Gasteiger partial charge is 0.508 e. The SMILES string of the molecule is COc1ccc(-c2cc3c(n(-c4ccc(O)cc4)c2=O)NC(SC)N=C3)cc1. The van der Waals surface area contributed by atoms with Gasteiger partial charge in [0, 0.05) is 17.3 Å². The van der Waals surface area contributed by atoms with E-state index in [0.29, 0.717) is 17.1 Å². The van der Waals surface area contributed by atoms with Gasteiger partial charge in [0.1, 0.15) is 17.3 Å². The molecule has 0 bridgehead atoms. The summed E-state index contributed by atoms with van der Waals surface area (Å²) < 4.78 is 6.84. The van der Waals surface area contributed by atoms with Crippen molar-refractivity contribution in [1.29, 1.82) is 0 Å². The van der Waals surface area contributed by atoms with Crippen LogP contribution in [0.3, 0.4) is 0 Å². The zero-order valence-electron chi connectivity index (χ0n) is 15.4. The Morgan fingerprint density at radius 1 is 1.14 bits per heavy atom. The van der Waals surface area contributed by atoms with Crippen molar-refractivity contribution in [1.82, 2.24) is 4.57 Å². The van der Waals surface area contributed by atoms with Gasteiger partial charge < -0.3 is 15.2 Å². The van der Waals surface area contributed by atoms with Crippen LogP contribution in [0.1, 0.15) is 5.56 Å². The molecule has 0 spiro atoms. The Balaban J connectivity index is 1.95. The Bertz CT molecular complexity index is 1090. The van der Waals surface area contributed by atoms with Gasteiger partial charge in [0.25, 0.3) is 5.56 Å². The molecule has 0 fully saturated rings. The molecule has 1 unspecified atom stereocenters. The lowest BCUT2D eigenvalue weighted by atomic mass is 10.0. The fourth-order valence-electron chi connectivity index (χ4n) is 3.13. The number of nitrogens with one attached hydrogen (secondary N) is 1. The van der Waals surface area contributed by atoms with Gasteiger partial charge in [-0.25, -0.2) is 0 Å². The van der Waals surface area contributed by atoms with Crippen LogP contribution in [0.5, 0.6) is 11.5 Å². The Kier molecular flexibility index (Phi) is 4.83. The predicted octanol–water partition coefficient (Wildman–Crippen LogP) is 3.71. The number of methoxy groups -OCH3 is 1. The minimum absolute atomic E-state index is 0.147. The number of fused-ring (bicyclic) bond motifs is 1. The molecule has 7 heteroatoms. The average molecular weight is 393 g/mol. The minimum atomic E-state index is -0.165. The number of ether oxygens (including phenoxy) is 1. The van der Waals surface area contributed by atoms with E-state index in [1.54, 1.807) is 53.9 Å². The van der Waals surface area contributed by atoms with Gasteiger partial charge in [-0.2, -0.15) is 0 Å². The Labute approximate surface area is 166 Å². The first kappa shape index (κ1) is 18.2. The first-order chi connectivity index (χ1) is 13.6. The summed E-state index contributed by atoms with van der Waals surface area (Å²) in [5.41, 5.74) is 2.52. The Morgan fingerprint density at radius 3 is 2.50 bits per heavy atom. The number of anilines is 1. The highest BCUT2D eigenvalue weighted by molar-refractivity contribution is 7.99. The molecular weight excluding hydrogens is 374 g/mol. The molecule has 0 radical (unpaired) electrons. The van der Waals surface area contributed by atoms with Crippen LogP contribution in [0.15, 0.2) is 64.4 Å². The highest BCUT2D eigenvalue weighted by Gasteiger charge is 2.21. The molecule has 28 heavy (non-hydrogen) atoms. The summed E-state index contributed by atoms with van der Waals surface area (Å²) in [5.74, 6) is 1.56. The van der Waals surface area contributed by atoms with Crippen LogP contribution in [-0.4, -0.2) is 34.8 Å². The van der Waals surface area contributed by atoms with Gasteiger partial charge in [-0.05, 0) is 54.3 Å². The van der Waals surface area contributed by atoms with Crippen molar-refractivity contribution >= 4 is 23.8 Å². The second-order valence-electron chi connectivity index (χ2n) is 6.26. The summed E-state index contributed by atoms with van der Waals surface area (Å²) in [6.07, 6.45) is 3.74. The van der Waals surface area contributed by atoms with E-state index < -0.39 is 0 Å². The fourth-order valence-corrected chi connectivity index (χ4v) is 3.54. The van der Waals surface area contributed by atoms with Crippen molar-refractivity contribution in [2.45, 2.75) is 5.50 Å². The van der Waals surface area contributed by atoms with Crippen molar-refractivity contribution < 1.29 is 9.84 Å². The molecule has 3 aromatic rings. The lowest BCUT2D eigenvalue weighted by Crippen LogP contribution is -2.29. The van der Waals surface area contributed by atoms with E-state index in [9.17, 15) is 9.90 Å². The third-order valence-corrected chi connectivity index (χ3v) is 5.26. The van der Waals surface area contributed by atoms with Gasteiger partial charge >= 0.3 is 0 Å². The molecular formula is C21H19N3O3S. The summed E-state index contributed by atoms with van der Waals surface area (Å²) in [7, 11) is 1.61. The van der Waals surface area contributed by atoms with Crippen molar-refractivity contribution in [2.75, 3.05) is 18.7 Å². The van der Waals surface area contributed by atoms with Crippen LogP contribution in [0.4, 0.5) is 5.82 Å². The van der Waals surface area contributed by atoms with Crippen molar-refractivity contribution in [3.8, 4) is 28.3 Å². The first-order valence-corrected chi connectivity index (χ1v) is 9.96. The summed E-state index contributed by atoms with van der Waals surface area (Å²) >= 11 is 1.55. The predicted molar refractivity (Wildman–Crippen MR) is 114 cm³/mol. The number of nitrogens with zero attached hydrogens (tertiary/aromatic N) is 2. The van der Waals surface area contributed by atoms with Gasteiger partial charge in [-0.1, -0.05) is 12.1 Å². The number of hydrogen-bond donors (Lipinski definition) is 2. The van der Waals surface area contributed by atoms with Gasteiger partial charge in [0.05, 0.1) is 12.8 Å². The molecule has 0 aliphatic carbocycles. The molecule has 2 heterocycles. The van der Waals surface area contributed by atoms with Crippen molar-refractivity contribution in [3.05, 3.63) is 70.5 Å². The molecule has 0 saturated carbocycles. The maximum atomic E-state index is 13.5. The average Bonchev–Trinajstić information content (AvgIpc) is 2.74. The number of hydrogen-bond acceptors (Lipinski definition) is 6. The summed E-state index contributed by atoms with van der Waals surface area (Å²) in [4.78, 5) is 17.9. The lowest BCUT2D eigenvalue weighted by molar-refractivity contribution is 0.415. The molecule has 1 aromatic heterocycles. The second-order valence-corrected chi connectivity index (χ2v) is 7.18. The molecule has 142 valence electrons. The molecule has 1 atom stereocenters. The van der Waals surface area contributed by atoms with Gasteiger partial charge in [-0.15, -0.1) is 11.8 Å². The van der Waals surface area contributed by atoms with Gasteiger partial charge in [0.2, 0.25) is 0 Å². The second kappa shape index (κ2) is 7.44. The van der Waals surface area contributed by atoms with E-state index >= 15 is 0 Å². The number of phenols is 1. The van der Waals surface area contributed by atoms with E-state index in [2.05, 4.69) is 10.3 Å². The third-order valence-electron chi connectivity index (χ3n) is 4.57. The van der Waals surface area contributed by atoms with Gasteiger partial charge in [0.15, 0.2) is 5.50 Å². The van der Waals surface area contributed by atoms with Crippen molar-refractivity contribution in [3.63, 3.8) is 0 Å². The minimum Gasteiger partial charge on any atom is -0.508 e. The number of benzene rings is 2. The third kappa shape index (κ3) is 3.25. The lowest BCUT2D eigenvalue weighted by Gasteiger charge is -2.24. The molecule has 4 rings (SSSR count). The van der Waals surface area contributed by atoms with Crippen LogP contribution in [-0.2, 0) is 0 Å². The smallest absolute Gasteiger partial charge is 0.264 e. The van der Waals surface area contributed by atoms with Gasteiger partial charge in [-0.3, -0.25) is 14.4 Å². The quantitative estimate of drug-likeness (QED) is 0.707. The Morgan fingerprint density at radius 2 is 1.86 bits per heavy atom. The van der Waals surface area contributed by atoms with Crippen LogP contribution in [0.2, 0.25) is 0 Å². The number of thioether (sulfide) groups is 1. The highest BCUT2D eigenvalue weighted by Crippen LogP contribution is 2.29. The number of phenolic OH excluding ortho intramolecular Hbond substituents is 1. The van der Waals surface area contributed by atoms with E-state index in [0.717, 1.165) is 16.9 Å². The molecule has 2 aromatic carbocycles. The van der Waals surface area contributed by atoms with Crippen LogP contribution in [0.25, 0.3) is 16.8 Å². The Hall–Kier alpha value is -3.19. The van der Waals surface area contributed by atoms with E-state index in [1.165, 1.54) is 0 Å². The van der Waals surface area contributed by atoms with E-state index in [1.807, 2.05) is 36.6 Å². The van der Waals surface area contributed by atoms with Crippen LogP contribution in [0, 0.1) is 0 Å². The number of aliphatic imine (C=N–C) groups is 1. The summed E-state index contributed by atoms with van der Waals surface area (Å²) in [6, 6.07) is 15.8. The molecule has 0 saturated heterocycles. The zero-order chi connectivity index (χ0) is 19.7. The summed E-state index contributed by atoms with van der Waals surface area (Å²) in [6.45, 7) is 0. The summed E-state index contributed by atoms with van der Waals surface area (Å²) in [5, 5.41) is 12.9. The number of rotatable bonds is 4. The van der Waals surface area contributed by atoms with E-state index in [4.69, 9.17) is 4.74 Å². The zero-order valence-corrected chi connectivity index (χ0v) is 16.2.